The van der Waals surface area contributed by atoms with Crippen molar-refractivity contribution in [2.45, 2.75) is 90.8 Å². The van der Waals surface area contributed by atoms with E-state index in [0.717, 1.165) is 13.1 Å². The lowest BCUT2D eigenvalue weighted by molar-refractivity contribution is 0.0773. The highest BCUT2D eigenvalue weighted by atomic mass is 15.2. The van der Waals surface area contributed by atoms with Gasteiger partial charge in [-0.1, -0.05) is 76.6 Å². The highest BCUT2D eigenvalue weighted by Gasteiger charge is 2.34. The molecule has 1 aromatic carbocycles. The zero-order chi connectivity index (χ0) is 15.1. The van der Waals surface area contributed by atoms with E-state index in [0.29, 0.717) is 5.54 Å². The molecule has 1 aliphatic rings. The standard InChI is InChI=1S/C20H33N/c1-4-6-10-14-20(3,15-11-7-5-2)21-16-18-12-8-9-13-19(18)17-21/h8-9,12-13H,4-7,10-11,14-17H2,1-3H3. The largest absolute Gasteiger partial charge is 0.289 e. The molecule has 1 aliphatic heterocycles. The van der Waals surface area contributed by atoms with Crippen molar-refractivity contribution in [2.24, 2.45) is 0 Å². The molecular weight excluding hydrogens is 254 g/mol. The van der Waals surface area contributed by atoms with E-state index in [2.05, 4.69) is 49.9 Å². The lowest BCUT2D eigenvalue weighted by Crippen LogP contribution is -2.43. The topological polar surface area (TPSA) is 3.24 Å². The SMILES string of the molecule is CCCCCC(C)(CCCCC)N1Cc2ccccc2C1. The summed E-state index contributed by atoms with van der Waals surface area (Å²) >= 11 is 0. The Labute approximate surface area is 131 Å². The molecule has 0 spiro atoms. The Bertz CT molecular complexity index is 389. The molecule has 0 aromatic heterocycles. The molecule has 1 heteroatoms. The summed E-state index contributed by atoms with van der Waals surface area (Å²) in [5.74, 6) is 0. The van der Waals surface area contributed by atoms with E-state index in [4.69, 9.17) is 0 Å². The fraction of sp³-hybridized carbons (Fsp3) is 0.700. The molecule has 0 N–H and O–H groups in total. The molecule has 0 radical (unpaired) electrons. The van der Waals surface area contributed by atoms with Crippen LogP contribution >= 0.6 is 0 Å². The molecule has 21 heavy (non-hydrogen) atoms. The molecule has 0 aliphatic carbocycles. The van der Waals surface area contributed by atoms with Crippen LogP contribution in [-0.2, 0) is 13.1 Å². The van der Waals surface area contributed by atoms with Gasteiger partial charge in [-0.15, -0.1) is 0 Å². The van der Waals surface area contributed by atoms with Crippen molar-refractivity contribution < 1.29 is 0 Å². The van der Waals surface area contributed by atoms with E-state index in [-0.39, 0.29) is 0 Å². The van der Waals surface area contributed by atoms with Gasteiger partial charge < -0.3 is 0 Å². The third-order valence-electron chi connectivity index (χ3n) is 5.24. The molecule has 0 saturated heterocycles. The van der Waals surface area contributed by atoms with Gasteiger partial charge in [-0.2, -0.15) is 0 Å². The van der Waals surface area contributed by atoms with Crippen LogP contribution in [0.25, 0.3) is 0 Å². The van der Waals surface area contributed by atoms with Crippen molar-refractivity contribution >= 4 is 0 Å². The molecule has 0 saturated carbocycles. The molecule has 1 nitrogen and oxygen atoms in total. The maximum Gasteiger partial charge on any atom is 0.0245 e. The summed E-state index contributed by atoms with van der Waals surface area (Å²) in [5.41, 5.74) is 3.49. The zero-order valence-electron chi connectivity index (χ0n) is 14.3. The average molecular weight is 287 g/mol. The number of hydrogen-bond donors (Lipinski definition) is 0. The van der Waals surface area contributed by atoms with Gasteiger partial charge in [0.15, 0.2) is 0 Å². The molecule has 0 fully saturated rings. The number of rotatable bonds is 9. The van der Waals surface area contributed by atoms with Crippen LogP contribution in [0.15, 0.2) is 24.3 Å². The minimum atomic E-state index is 0.392. The van der Waals surface area contributed by atoms with E-state index in [1.165, 1.54) is 51.4 Å². The van der Waals surface area contributed by atoms with Crippen molar-refractivity contribution in [3.8, 4) is 0 Å². The maximum absolute atomic E-state index is 2.75. The lowest BCUT2D eigenvalue weighted by atomic mass is 9.86. The predicted molar refractivity (Wildman–Crippen MR) is 92.4 cm³/mol. The zero-order valence-corrected chi connectivity index (χ0v) is 14.3. The van der Waals surface area contributed by atoms with Crippen molar-refractivity contribution in [3.05, 3.63) is 35.4 Å². The first kappa shape index (κ1) is 16.5. The van der Waals surface area contributed by atoms with Crippen LogP contribution < -0.4 is 0 Å². The van der Waals surface area contributed by atoms with Gasteiger partial charge in [0.25, 0.3) is 0 Å². The van der Waals surface area contributed by atoms with E-state index < -0.39 is 0 Å². The van der Waals surface area contributed by atoms with Crippen LogP contribution in [0.2, 0.25) is 0 Å². The summed E-state index contributed by atoms with van der Waals surface area (Å²) in [6.45, 7) is 9.44. The van der Waals surface area contributed by atoms with Crippen LogP contribution in [0.4, 0.5) is 0 Å². The van der Waals surface area contributed by atoms with Gasteiger partial charge in [-0.25, -0.2) is 0 Å². The monoisotopic (exact) mass is 287 g/mol. The fourth-order valence-electron chi connectivity index (χ4n) is 3.67. The molecule has 1 aromatic rings. The van der Waals surface area contributed by atoms with Crippen molar-refractivity contribution in [2.75, 3.05) is 0 Å². The maximum atomic E-state index is 2.75. The Kier molecular flexibility index (Phi) is 6.29. The first-order valence-corrected chi connectivity index (χ1v) is 9.01. The summed E-state index contributed by atoms with van der Waals surface area (Å²) in [6.07, 6.45) is 10.9. The molecule has 0 bridgehead atoms. The molecule has 0 atom stereocenters. The lowest BCUT2D eigenvalue weighted by Gasteiger charge is -2.39. The van der Waals surface area contributed by atoms with Gasteiger partial charge in [0, 0.05) is 18.6 Å². The Morgan fingerprint density at radius 1 is 0.857 bits per heavy atom. The second kappa shape index (κ2) is 7.98. The summed E-state index contributed by atoms with van der Waals surface area (Å²) < 4.78 is 0. The smallest absolute Gasteiger partial charge is 0.0245 e. The average Bonchev–Trinajstić information content (AvgIpc) is 2.92. The van der Waals surface area contributed by atoms with E-state index in [9.17, 15) is 0 Å². The number of benzene rings is 1. The minimum absolute atomic E-state index is 0.392. The second-order valence-electron chi connectivity index (χ2n) is 7.04. The third kappa shape index (κ3) is 4.32. The van der Waals surface area contributed by atoms with Gasteiger partial charge >= 0.3 is 0 Å². The Balaban J connectivity index is 2.01. The van der Waals surface area contributed by atoms with Crippen LogP contribution in [0.5, 0.6) is 0 Å². The van der Waals surface area contributed by atoms with Gasteiger partial charge in [-0.05, 0) is 30.9 Å². The predicted octanol–water partition coefficient (Wildman–Crippen LogP) is 5.92. The van der Waals surface area contributed by atoms with Crippen molar-refractivity contribution in [1.29, 1.82) is 0 Å². The third-order valence-corrected chi connectivity index (χ3v) is 5.24. The fourth-order valence-corrected chi connectivity index (χ4v) is 3.67. The Morgan fingerprint density at radius 2 is 1.33 bits per heavy atom. The van der Waals surface area contributed by atoms with Gasteiger partial charge in [-0.3, -0.25) is 4.90 Å². The van der Waals surface area contributed by atoms with Crippen molar-refractivity contribution in [3.63, 3.8) is 0 Å². The van der Waals surface area contributed by atoms with E-state index >= 15 is 0 Å². The van der Waals surface area contributed by atoms with Gasteiger partial charge in [0.2, 0.25) is 0 Å². The minimum Gasteiger partial charge on any atom is -0.289 e. The molecular formula is C20H33N. The Hall–Kier alpha value is -0.820. The second-order valence-corrected chi connectivity index (χ2v) is 7.04. The quantitative estimate of drug-likeness (QED) is 0.509. The van der Waals surface area contributed by atoms with Crippen LogP contribution in [0, 0.1) is 0 Å². The highest BCUT2D eigenvalue weighted by molar-refractivity contribution is 5.30. The van der Waals surface area contributed by atoms with Gasteiger partial charge in [0.1, 0.15) is 0 Å². The summed E-state index contributed by atoms with van der Waals surface area (Å²) in [6, 6.07) is 9.00. The van der Waals surface area contributed by atoms with E-state index in [1.54, 1.807) is 11.1 Å². The molecule has 2 rings (SSSR count). The molecule has 1 heterocycles. The number of hydrogen-bond acceptors (Lipinski definition) is 1. The van der Waals surface area contributed by atoms with Gasteiger partial charge in [0.05, 0.1) is 0 Å². The number of unbranched alkanes of at least 4 members (excludes halogenated alkanes) is 4. The van der Waals surface area contributed by atoms with Crippen LogP contribution in [0.3, 0.4) is 0 Å². The summed E-state index contributed by atoms with van der Waals surface area (Å²) in [4.78, 5) is 2.75. The van der Waals surface area contributed by atoms with Crippen molar-refractivity contribution in [1.82, 2.24) is 4.90 Å². The first-order valence-electron chi connectivity index (χ1n) is 9.01. The summed E-state index contributed by atoms with van der Waals surface area (Å²) in [7, 11) is 0. The first-order chi connectivity index (χ1) is 10.2. The molecule has 118 valence electrons. The molecule has 0 amide bonds. The van der Waals surface area contributed by atoms with E-state index in [1.807, 2.05) is 0 Å². The van der Waals surface area contributed by atoms with Crippen LogP contribution in [0.1, 0.15) is 83.3 Å². The number of nitrogens with zero attached hydrogens (tertiary/aromatic N) is 1. The summed E-state index contributed by atoms with van der Waals surface area (Å²) in [5, 5.41) is 0. The normalized spacial score (nSPS) is 15.4. The Morgan fingerprint density at radius 3 is 1.76 bits per heavy atom. The highest BCUT2D eigenvalue weighted by Crippen LogP contribution is 2.35. The van der Waals surface area contributed by atoms with Crippen LogP contribution in [-0.4, -0.2) is 10.4 Å². The molecule has 0 unspecified atom stereocenters. The number of fused-ring (bicyclic) bond motifs is 1.